The predicted molar refractivity (Wildman–Crippen MR) is 75.6 cm³/mol. The third-order valence-corrected chi connectivity index (χ3v) is 4.82. The molecule has 2 fully saturated rings. The highest BCUT2D eigenvalue weighted by Gasteiger charge is 2.43. The van der Waals surface area contributed by atoms with Gasteiger partial charge in [-0.25, -0.2) is 0 Å². The summed E-state index contributed by atoms with van der Waals surface area (Å²) in [6.45, 7) is 4.85. The van der Waals surface area contributed by atoms with Crippen molar-refractivity contribution in [1.82, 2.24) is 14.7 Å². The van der Waals surface area contributed by atoms with Crippen LogP contribution in [0.25, 0.3) is 0 Å². The summed E-state index contributed by atoms with van der Waals surface area (Å²) in [6, 6.07) is 0.0484. The lowest BCUT2D eigenvalue weighted by atomic mass is 10.0. The lowest BCUT2D eigenvalue weighted by Crippen LogP contribution is -2.38. The van der Waals surface area contributed by atoms with E-state index in [0.717, 1.165) is 37.1 Å². The molecule has 0 aromatic carbocycles. The number of esters is 1. The van der Waals surface area contributed by atoms with Crippen molar-refractivity contribution in [2.45, 2.75) is 51.3 Å². The lowest BCUT2D eigenvalue weighted by Gasteiger charge is -2.28. The summed E-state index contributed by atoms with van der Waals surface area (Å²) in [7, 11) is 1.85. The molecule has 1 aromatic rings. The van der Waals surface area contributed by atoms with Gasteiger partial charge in [0, 0.05) is 25.1 Å². The van der Waals surface area contributed by atoms with Crippen LogP contribution < -0.4 is 0 Å². The van der Waals surface area contributed by atoms with Crippen LogP contribution in [0.4, 0.5) is 0 Å². The van der Waals surface area contributed by atoms with Gasteiger partial charge in [0.15, 0.2) is 0 Å². The summed E-state index contributed by atoms with van der Waals surface area (Å²) < 4.78 is 7.01. The molecule has 0 spiro atoms. The van der Waals surface area contributed by atoms with E-state index in [1.54, 1.807) is 4.68 Å². The van der Waals surface area contributed by atoms with Crippen LogP contribution in [0.15, 0.2) is 0 Å². The van der Waals surface area contributed by atoms with Gasteiger partial charge in [-0.05, 0) is 33.2 Å². The topological polar surface area (TPSA) is 47.4 Å². The third-order valence-electron chi connectivity index (χ3n) is 4.37. The standard InChI is InChI=1S/C14H20ClN3O2/c1-8-7-11(14(19)20-8)18-6-4-5-10(18)12-9(2)16-17(3)13(12)15/h8,10-11H,4-7H2,1-3H3/t8-,10+,11-/m1/s1. The molecule has 6 heteroatoms. The van der Waals surface area contributed by atoms with Crippen molar-refractivity contribution in [3.05, 3.63) is 16.4 Å². The number of hydrogen-bond acceptors (Lipinski definition) is 4. The van der Waals surface area contributed by atoms with Gasteiger partial charge >= 0.3 is 5.97 Å². The number of halogens is 1. The van der Waals surface area contributed by atoms with Crippen molar-refractivity contribution in [3.8, 4) is 0 Å². The Balaban J connectivity index is 1.91. The Hall–Kier alpha value is -1.07. The van der Waals surface area contributed by atoms with E-state index in [4.69, 9.17) is 16.3 Å². The van der Waals surface area contributed by atoms with Crippen molar-refractivity contribution >= 4 is 17.6 Å². The van der Waals surface area contributed by atoms with E-state index < -0.39 is 0 Å². The monoisotopic (exact) mass is 297 g/mol. The summed E-state index contributed by atoms with van der Waals surface area (Å²) >= 11 is 6.39. The van der Waals surface area contributed by atoms with Crippen LogP contribution in [0.3, 0.4) is 0 Å². The second-order valence-electron chi connectivity index (χ2n) is 5.81. The number of carbonyl (C=O) groups is 1. The lowest BCUT2D eigenvalue weighted by molar-refractivity contribution is -0.145. The SMILES string of the molecule is Cc1nn(C)c(Cl)c1[C@@H]1CCCN1[C@@H]1C[C@@H](C)OC1=O. The molecule has 3 rings (SSSR count). The Bertz CT molecular complexity index is 543. The molecular formula is C14H20ClN3O2. The Morgan fingerprint density at radius 3 is 2.70 bits per heavy atom. The first-order valence-corrected chi connectivity index (χ1v) is 7.52. The first kappa shape index (κ1) is 13.9. The van der Waals surface area contributed by atoms with Crippen LogP contribution in [-0.2, 0) is 16.6 Å². The Morgan fingerprint density at radius 1 is 1.40 bits per heavy atom. The van der Waals surface area contributed by atoms with Crippen LogP contribution >= 0.6 is 11.6 Å². The minimum absolute atomic E-state index is 0.0132. The van der Waals surface area contributed by atoms with Crippen LogP contribution in [0.5, 0.6) is 0 Å². The van der Waals surface area contributed by atoms with Gasteiger partial charge in [-0.2, -0.15) is 5.10 Å². The van der Waals surface area contributed by atoms with Gasteiger partial charge in [-0.3, -0.25) is 14.4 Å². The van der Waals surface area contributed by atoms with E-state index in [-0.39, 0.29) is 24.2 Å². The fourth-order valence-corrected chi connectivity index (χ4v) is 3.80. The molecular weight excluding hydrogens is 278 g/mol. The van der Waals surface area contributed by atoms with Gasteiger partial charge in [-0.1, -0.05) is 11.6 Å². The number of likely N-dealkylation sites (tertiary alicyclic amines) is 1. The van der Waals surface area contributed by atoms with E-state index in [1.165, 1.54) is 0 Å². The average molecular weight is 298 g/mol. The molecule has 5 nitrogen and oxygen atoms in total. The second-order valence-corrected chi connectivity index (χ2v) is 6.17. The molecule has 0 N–H and O–H groups in total. The van der Waals surface area contributed by atoms with Crippen molar-refractivity contribution in [1.29, 1.82) is 0 Å². The minimum atomic E-state index is -0.131. The number of aromatic nitrogens is 2. The summed E-state index contributed by atoms with van der Waals surface area (Å²) in [4.78, 5) is 14.3. The van der Waals surface area contributed by atoms with Crippen LogP contribution in [0.1, 0.15) is 43.5 Å². The van der Waals surface area contributed by atoms with Crippen LogP contribution in [-0.4, -0.2) is 39.3 Å². The van der Waals surface area contributed by atoms with Gasteiger partial charge in [0.2, 0.25) is 0 Å². The summed E-state index contributed by atoms with van der Waals surface area (Å²) in [5.74, 6) is -0.0953. The maximum Gasteiger partial charge on any atom is 0.323 e. The number of nitrogens with zero attached hydrogens (tertiary/aromatic N) is 3. The summed E-state index contributed by atoms with van der Waals surface area (Å²) in [5, 5.41) is 5.07. The minimum Gasteiger partial charge on any atom is -0.461 e. The normalized spacial score (nSPS) is 31.0. The predicted octanol–water partition coefficient (Wildman–Crippen LogP) is 2.22. The molecule has 0 amide bonds. The number of rotatable bonds is 2. The fraction of sp³-hybridized carbons (Fsp3) is 0.714. The summed E-state index contributed by atoms with van der Waals surface area (Å²) in [6.07, 6.45) is 2.88. The zero-order valence-corrected chi connectivity index (χ0v) is 12.9. The van der Waals surface area contributed by atoms with Crippen LogP contribution in [0.2, 0.25) is 5.15 Å². The summed E-state index contributed by atoms with van der Waals surface area (Å²) in [5.41, 5.74) is 2.02. The Kier molecular flexibility index (Phi) is 3.50. The van der Waals surface area contributed by atoms with Crippen LogP contribution in [0, 0.1) is 6.92 Å². The van der Waals surface area contributed by atoms with Gasteiger partial charge in [0.05, 0.1) is 5.69 Å². The van der Waals surface area contributed by atoms with Gasteiger partial charge in [0.1, 0.15) is 17.3 Å². The second kappa shape index (κ2) is 5.04. The Labute approximate surface area is 123 Å². The largest absolute Gasteiger partial charge is 0.461 e. The number of cyclic esters (lactones) is 1. The van der Waals surface area contributed by atoms with Crippen molar-refractivity contribution < 1.29 is 9.53 Å². The molecule has 0 saturated carbocycles. The average Bonchev–Trinajstić information content (AvgIpc) is 3.01. The zero-order valence-electron chi connectivity index (χ0n) is 12.1. The highest BCUT2D eigenvalue weighted by molar-refractivity contribution is 6.30. The third kappa shape index (κ3) is 2.13. The van der Waals surface area contributed by atoms with E-state index in [2.05, 4.69) is 10.00 Å². The smallest absolute Gasteiger partial charge is 0.323 e. The van der Waals surface area contributed by atoms with Gasteiger partial charge < -0.3 is 4.74 Å². The van der Waals surface area contributed by atoms with E-state index >= 15 is 0 Å². The van der Waals surface area contributed by atoms with Crippen molar-refractivity contribution in [2.75, 3.05) is 6.54 Å². The molecule has 110 valence electrons. The molecule has 1 aromatic heterocycles. The highest BCUT2D eigenvalue weighted by Crippen LogP contribution is 2.40. The molecule has 3 heterocycles. The van der Waals surface area contributed by atoms with E-state index in [0.29, 0.717) is 5.15 Å². The molecule has 2 saturated heterocycles. The Morgan fingerprint density at radius 2 is 2.15 bits per heavy atom. The maximum absolute atomic E-state index is 12.0. The number of hydrogen-bond donors (Lipinski definition) is 0. The van der Waals surface area contributed by atoms with E-state index in [9.17, 15) is 4.79 Å². The molecule has 0 bridgehead atoms. The molecule has 2 aliphatic heterocycles. The molecule has 2 aliphatic rings. The van der Waals surface area contributed by atoms with E-state index in [1.807, 2.05) is 20.9 Å². The number of ether oxygens (including phenoxy) is 1. The van der Waals surface area contributed by atoms with Gasteiger partial charge in [0.25, 0.3) is 0 Å². The zero-order chi connectivity index (χ0) is 14.4. The first-order chi connectivity index (χ1) is 9.49. The molecule has 20 heavy (non-hydrogen) atoms. The first-order valence-electron chi connectivity index (χ1n) is 7.14. The maximum atomic E-state index is 12.0. The quantitative estimate of drug-likeness (QED) is 0.785. The highest BCUT2D eigenvalue weighted by atomic mass is 35.5. The van der Waals surface area contributed by atoms with Crippen molar-refractivity contribution in [3.63, 3.8) is 0 Å². The van der Waals surface area contributed by atoms with Crippen molar-refractivity contribution in [2.24, 2.45) is 7.05 Å². The number of aryl methyl sites for hydroxylation is 2. The molecule has 0 unspecified atom stereocenters. The molecule has 3 atom stereocenters. The fourth-order valence-electron chi connectivity index (χ4n) is 3.50. The number of carbonyl (C=O) groups excluding carboxylic acids is 1. The molecule has 0 aliphatic carbocycles. The molecule has 0 radical (unpaired) electrons. The van der Waals surface area contributed by atoms with Gasteiger partial charge in [-0.15, -0.1) is 0 Å².